The SMILES string of the molecule is Cc1ccc(C(=O)NCCC(C)N)cc1S(=O)(=O)NC1CCCC1.Cl. The van der Waals surface area contributed by atoms with Gasteiger partial charge in [-0.25, -0.2) is 13.1 Å². The van der Waals surface area contributed by atoms with Crippen molar-refractivity contribution in [1.29, 1.82) is 0 Å². The Bertz CT molecular complexity index is 686. The summed E-state index contributed by atoms with van der Waals surface area (Å²) in [5, 5.41) is 2.77. The Balaban J connectivity index is 0.00000312. The van der Waals surface area contributed by atoms with Gasteiger partial charge in [0, 0.05) is 24.2 Å². The van der Waals surface area contributed by atoms with E-state index in [0.29, 0.717) is 24.1 Å². The van der Waals surface area contributed by atoms with Crippen LogP contribution in [0.2, 0.25) is 0 Å². The Labute approximate surface area is 156 Å². The van der Waals surface area contributed by atoms with Gasteiger partial charge in [0.05, 0.1) is 4.90 Å². The molecule has 0 bridgehead atoms. The first kappa shape index (κ1) is 21.9. The number of benzene rings is 1. The van der Waals surface area contributed by atoms with Gasteiger partial charge in [-0.15, -0.1) is 12.4 Å². The number of hydrogen-bond acceptors (Lipinski definition) is 4. The average molecular weight is 390 g/mol. The van der Waals surface area contributed by atoms with Gasteiger partial charge >= 0.3 is 0 Å². The minimum Gasteiger partial charge on any atom is -0.352 e. The van der Waals surface area contributed by atoms with Gasteiger partial charge in [0.15, 0.2) is 0 Å². The summed E-state index contributed by atoms with van der Waals surface area (Å²) < 4.78 is 28.0. The number of nitrogens with one attached hydrogen (secondary N) is 2. The van der Waals surface area contributed by atoms with E-state index < -0.39 is 10.0 Å². The normalized spacial score (nSPS) is 16.3. The summed E-state index contributed by atoms with van der Waals surface area (Å²) in [4.78, 5) is 12.4. The fourth-order valence-corrected chi connectivity index (χ4v) is 4.45. The van der Waals surface area contributed by atoms with Gasteiger partial charge in [-0.05, 0) is 50.8 Å². The van der Waals surface area contributed by atoms with Crippen molar-refractivity contribution < 1.29 is 13.2 Å². The largest absolute Gasteiger partial charge is 0.352 e. The number of amides is 1. The Hall–Kier alpha value is -1.15. The molecule has 1 amide bonds. The van der Waals surface area contributed by atoms with E-state index in [0.717, 1.165) is 25.7 Å². The van der Waals surface area contributed by atoms with E-state index in [-0.39, 0.29) is 35.3 Å². The van der Waals surface area contributed by atoms with Crippen molar-refractivity contribution in [2.45, 2.75) is 62.9 Å². The molecule has 142 valence electrons. The first-order valence-electron chi connectivity index (χ1n) is 8.46. The van der Waals surface area contributed by atoms with Crippen molar-refractivity contribution in [1.82, 2.24) is 10.0 Å². The zero-order chi connectivity index (χ0) is 17.7. The maximum Gasteiger partial charge on any atom is 0.251 e. The minimum atomic E-state index is -3.61. The fourth-order valence-electron chi connectivity index (χ4n) is 2.87. The summed E-state index contributed by atoms with van der Waals surface area (Å²) in [6.07, 6.45) is 4.51. The van der Waals surface area contributed by atoms with Crippen LogP contribution in [0.3, 0.4) is 0 Å². The molecule has 0 aliphatic heterocycles. The molecule has 1 aromatic rings. The predicted octanol–water partition coefficient (Wildman–Crippen LogP) is 2.10. The van der Waals surface area contributed by atoms with E-state index in [1.54, 1.807) is 19.1 Å². The molecule has 0 aromatic heterocycles. The summed E-state index contributed by atoms with van der Waals surface area (Å²) in [6.45, 7) is 4.07. The smallest absolute Gasteiger partial charge is 0.251 e. The van der Waals surface area contributed by atoms with Crippen LogP contribution in [-0.4, -0.2) is 33.0 Å². The maximum absolute atomic E-state index is 12.6. The summed E-state index contributed by atoms with van der Waals surface area (Å²) >= 11 is 0. The lowest BCUT2D eigenvalue weighted by atomic mass is 10.1. The second-order valence-electron chi connectivity index (χ2n) is 6.60. The van der Waals surface area contributed by atoms with E-state index in [2.05, 4.69) is 10.0 Å². The van der Waals surface area contributed by atoms with E-state index in [1.807, 2.05) is 6.92 Å². The Morgan fingerprint density at radius 1 is 1.32 bits per heavy atom. The first-order valence-corrected chi connectivity index (χ1v) is 9.94. The van der Waals surface area contributed by atoms with Crippen LogP contribution in [0.25, 0.3) is 0 Å². The highest BCUT2D eigenvalue weighted by atomic mass is 35.5. The van der Waals surface area contributed by atoms with Crippen LogP contribution in [-0.2, 0) is 10.0 Å². The van der Waals surface area contributed by atoms with Crippen LogP contribution in [0.4, 0.5) is 0 Å². The lowest BCUT2D eigenvalue weighted by molar-refractivity contribution is 0.0952. The Morgan fingerprint density at radius 2 is 1.96 bits per heavy atom. The molecular formula is C17H28ClN3O3S. The van der Waals surface area contributed by atoms with Crippen LogP contribution in [0.5, 0.6) is 0 Å². The van der Waals surface area contributed by atoms with Gasteiger partial charge in [0.2, 0.25) is 10.0 Å². The molecule has 0 radical (unpaired) electrons. The van der Waals surface area contributed by atoms with E-state index in [1.165, 1.54) is 6.07 Å². The summed E-state index contributed by atoms with van der Waals surface area (Å²) in [7, 11) is -3.61. The zero-order valence-electron chi connectivity index (χ0n) is 14.7. The van der Waals surface area contributed by atoms with Crippen molar-refractivity contribution in [3.63, 3.8) is 0 Å². The molecule has 1 aromatic carbocycles. The molecule has 8 heteroatoms. The lowest BCUT2D eigenvalue weighted by Crippen LogP contribution is -2.33. The van der Waals surface area contributed by atoms with Crippen molar-refractivity contribution in [3.8, 4) is 0 Å². The summed E-state index contributed by atoms with van der Waals surface area (Å²) in [5.74, 6) is -0.284. The average Bonchev–Trinajstić information content (AvgIpc) is 2.99. The monoisotopic (exact) mass is 389 g/mol. The van der Waals surface area contributed by atoms with E-state index in [4.69, 9.17) is 5.73 Å². The predicted molar refractivity (Wildman–Crippen MR) is 102 cm³/mol. The third-order valence-corrected chi connectivity index (χ3v) is 5.96. The van der Waals surface area contributed by atoms with Crippen molar-refractivity contribution in [2.24, 2.45) is 5.73 Å². The molecule has 25 heavy (non-hydrogen) atoms. The molecule has 2 rings (SSSR count). The quantitative estimate of drug-likeness (QED) is 0.664. The lowest BCUT2D eigenvalue weighted by Gasteiger charge is -2.15. The van der Waals surface area contributed by atoms with Gasteiger partial charge in [-0.1, -0.05) is 18.9 Å². The molecular weight excluding hydrogens is 362 g/mol. The molecule has 4 N–H and O–H groups in total. The molecule has 0 heterocycles. The number of rotatable bonds is 7. The van der Waals surface area contributed by atoms with Crippen molar-refractivity contribution in [3.05, 3.63) is 29.3 Å². The molecule has 0 spiro atoms. The summed E-state index contributed by atoms with van der Waals surface area (Å²) in [6, 6.07) is 4.77. The summed E-state index contributed by atoms with van der Waals surface area (Å²) in [5.41, 5.74) is 6.63. The third-order valence-electron chi connectivity index (χ3n) is 4.30. The Morgan fingerprint density at radius 3 is 2.56 bits per heavy atom. The van der Waals surface area contributed by atoms with Crippen LogP contribution in [0, 0.1) is 6.92 Å². The van der Waals surface area contributed by atoms with Crippen molar-refractivity contribution >= 4 is 28.3 Å². The Kier molecular flexibility index (Phi) is 8.34. The number of carbonyl (C=O) groups excluding carboxylic acids is 1. The molecule has 6 nitrogen and oxygen atoms in total. The number of nitrogens with two attached hydrogens (primary N) is 1. The van der Waals surface area contributed by atoms with Crippen LogP contribution >= 0.6 is 12.4 Å². The second kappa shape index (κ2) is 9.52. The van der Waals surface area contributed by atoms with Gasteiger partial charge in [0.25, 0.3) is 5.91 Å². The number of halogens is 1. The zero-order valence-corrected chi connectivity index (χ0v) is 16.4. The number of aryl methyl sites for hydroxylation is 1. The van der Waals surface area contributed by atoms with E-state index in [9.17, 15) is 13.2 Å². The first-order chi connectivity index (χ1) is 11.3. The minimum absolute atomic E-state index is 0. The highest BCUT2D eigenvalue weighted by molar-refractivity contribution is 7.89. The molecule has 1 unspecified atom stereocenters. The van der Waals surface area contributed by atoms with Crippen LogP contribution < -0.4 is 15.8 Å². The number of sulfonamides is 1. The standard InChI is InChI=1S/C17H27N3O3S.ClH/c1-12-7-8-14(17(21)19-10-9-13(2)18)11-16(12)24(22,23)20-15-5-3-4-6-15;/h7-8,11,13,15,20H,3-6,9-10,18H2,1-2H3,(H,19,21);1H. The van der Waals surface area contributed by atoms with Gasteiger partial charge in [0.1, 0.15) is 0 Å². The molecule has 1 saturated carbocycles. The molecule has 0 saturated heterocycles. The van der Waals surface area contributed by atoms with Gasteiger partial charge in [-0.2, -0.15) is 0 Å². The molecule has 1 atom stereocenters. The van der Waals surface area contributed by atoms with Gasteiger partial charge < -0.3 is 11.1 Å². The van der Waals surface area contributed by atoms with Gasteiger partial charge in [-0.3, -0.25) is 4.79 Å². The topological polar surface area (TPSA) is 101 Å². The fraction of sp³-hybridized carbons (Fsp3) is 0.588. The number of carbonyl (C=O) groups is 1. The molecule has 1 aliphatic carbocycles. The molecule has 1 aliphatic rings. The number of hydrogen-bond donors (Lipinski definition) is 3. The molecule has 1 fully saturated rings. The third kappa shape index (κ3) is 6.26. The van der Waals surface area contributed by atoms with Crippen LogP contribution in [0.1, 0.15) is 54.9 Å². The maximum atomic E-state index is 12.6. The highest BCUT2D eigenvalue weighted by Crippen LogP contribution is 2.22. The van der Waals surface area contributed by atoms with Crippen molar-refractivity contribution in [2.75, 3.05) is 6.54 Å². The second-order valence-corrected chi connectivity index (χ2v) is 8.29. The van der Waals surface area contributed by atoms with E-state index >= 15 is 0 Å². The van der Waals surface area contributed by atoms with Crippen LogP contribution in [0.15, 0.2) is 23.1 Å². The highest BCUT2D eigenvalue weighted by Gasteiger charge is 2.25.